The predicted molar refractivity (Wildman–Crippen MR) is 78.6 cm³/mol. The van der Waals surface area contributed by atoms with Gasteiger partial charge in [-0.25, -0.2) is 9.97 Å². The standard InChI is InChI=1S/C15H22N4O/c1-11(2)6-4-7-12(3)17-14(20)13-10-19-9-5-8-16-15(19)18-13/h5,8-12H,4,6-7H2,1-3H3,(H,17,20)/t12-/m0/s1. The zero-order valence-electron chi connectivity index (χ0n) is 12.3. The maximum absolute atomic E-state index is 12.1. The number of aromatic nitrogens is 3. The molecule has 0 saturated heterocycles. The lowest BCUT2D eigenvalue weighted by Gasteiger charge is -2.13. The van der Waals surface area contributed by atoms with Crippen molar-refractivity contribution in [2.75, 3.05) is 0 Å². The first-order valence-corrected chi connectivity index (χ1v) is 7.17. The van der Waals surface area contributed by atoms with Crippen LogP contribution in [0.25, 0.3) is 5.78 Å². The zero-order chi connectivity index (χ0) is 14.5. The second-order valence-electron chi connectivity index (χ2n) is 5.65. The highest BCUT2D eigenvalue weighted by Crippen LogP contribution is 2.09. The lowest BCUT2D eigenvalue weighted by molar-refractivity contribution is 0.0933. The average molecular weight is 274 g/mol. The third kappa shape index (κ3) is 3.79. The molecule has 0 aliphatic carbocycles. The van der Waals surface area contributed by atoms with Crippen LogP contribution in [-0.4, -0.2) is 26.3 Å². The fraction of sp³-hybridized carbons (Fsp3) is 0.533. The maximum Gasteiger partial charge on any atom is 0.271 e. The molecule has 1 amide bonds. The molecule has 2 aromatic rings. The molecule has 2 aromatic heterocycles. The molecular weight excluding hydrogens is 252 g/mol. The van der Waals surface area contributed by atoms with Crippen molar-refractivity contribution in [2.45, 2.75) is 46.1 Å². The molecule has 0 fully saturated rings. The van der Waals surface area contributed by atoms with Crippen LogP contribution in [0.3, 0.4) is 0 Å². The van der Waals surface area contributed by atoms with Crippen molar-refractivity contribution in [1.29, 1.82) is 0 Å². The van der Waals surface area contributed by atoms with Gasteiger partial charge in [0.2, 0.25) is 5.78 Å². The SMILES string of the molecule is CC(C)CCC[C@H](C)NC(=O)c1cn2cccnc2n1. The molecular formula is C15H22N4O. The summed E-state index contributed by atoms with van der Waals surface area (Å²) >= 11 is 0. The molecule has 1 atom stereocenters. The number of nitrogens with zero attached hydrogens (tertiary/aromatic N) is 3. The molecule has 0 unspecified atom stereocenters. The van der Waals surface area contributed by atoms with E-state index in [1.54, 1.807) is 16.8 Å². The third-order valence-corrected chi connectivity index (χ3v) is 3.26. The Morgan fingerprint density at radius 2 is 2.15 bits per heavy atom. The first-order chi connectivity index (χ1) is 9.56. The third-order valence-electron chi connectivity index (χ3n) is 3.26. The van der Waals surface area contributed by atoms with Gasteiger partial charge in [0.15, 0.2) is 0 Å². The van der Waals surface area contributed by atoms with Crippen LogP contribution in [0.5, 0.6) is 0 Å². The number of amides is 1. The lowest BCUT2D eigenvalue weighted by atomic mass is 10.0. The molecule has 108 valence electrons. The van der Waals surface area contributed by atoms with Crippen molar-refractivity contribution in [2.24, 2.45) is 5.92 Å². The van der Waals surface area contributed by atoms with Crippen LogP contribution < -0.4 is 5.32 Å². The summed E-state index contributed by atoms with van der Waals surface area (Å²) in [5.74, 6) is 1.13. The molecule has 20 heavy (non-hydrogen) atoms. The molecule has 5 heteroatoms. The Morgan fingerprint density at radius 1 is 1.35 bits per heavy atom. The number of rotatable bonds is 6. The number of carbonyl (C=O) groups excluding carboxylic acids is 1. The Morgan fingerprint density at radius 3 is 2.85 bits per heavy atom. The van der Waals surface area contributed by atoms with Gasteiger partial charge in [-0.2, -0.15) is 0 Å². The first-order valence-electron chi connectivity index (χ1n) is 7.17. The highest BCUT2D eigenvalue weighted by molar-refractivity contribution is 5.92. The minimum Gasteiger partial charge on any atom is -0.348 e. The van der Waals surface area contributed by atoms with E-state index in [0.29, 0.717) is 17.4 Å². The van der Waals surface area contributed by atoms with Gasteiger partial charge in [0.05, 0.1) is 0 Å². The Balaban J connectivity index is 1.90. The summed E-state index contributed by atoms with van der Waals surface area (Å²) in [6.45, 7) is 6.46. The van der Waals surface area contributed by atoms with Gasteiger partial charge < -0.3 is 5.32 Å². The molecule has 0 bridgehead atoms. The summed E-state index contributed by atoms with van der Waals surface area (Å²) in [6, 6.07) is 1.98. The van der Waals surface area contributed by atoms with Crippen molar-refractivity contribution in [1.82, 2.24) is 19.7 Å². The molecule has 5 nitrogen and oxygen atoms in total. The van der Waals surface area contributed by atoms with Gasteiger partial charge in [-0.15, -0.1) is 0 Å². The second kappa shape index (κ2) is 6.50. The van der Waals surface area contributed by atoms with Crippen LogP contribution in [0.1, 0.15) is 50.5 Å². The van der Waals surface area contributed by atoms with Crippen LogP contribution in [0, 0.1) is 5.92 Å². The Kier molecular flexibility index (Phi) is 4.71. The van der Waals surface area contributed by atoms with Crippen molar-refractivity contribution in [3.05, 3.63) is 30.4 Å². The number of nitrogens with one attached hydrogen (secondary N) is 1. The topological polar surface area (TPSA) is 59.3 Å². The van der Waals surface area contributed by atoms with Crippen molar-refractivity contribution < 1.29 is 4.79 Å². The van der Waals surface area contributed by atoms with E-state index in [0.717, 1.165) is 12.8 Å². The largest absolute Gasteiger partial charge is 0.348 e. The highest BCUT2D eigenvalue weighted by atomic mass is 16.1. The van der Waals surface area contributed by atoms with Gasteiger partial charge in [0, 0.05) is 24.6 Å². The lowest BCUT2D eigenvalue weighted by Crippen LogP contribution is -2.32. The summed E-state index contributed by atoms with van der Waals surface area (Å²) in [6.07, 6.45) is 8.52. The Labute approximate surface area is 119 Å². The van der Waals surface area contributed by atoms with E-state index in [-0.39, 0.29) is 11.9 Å². The molecule has 1 N–H and O–H groups in total. The van der Waals surface area contributed by atoms with E-state index in [1.165, 1.54) is 6.42 Å². The monoisotopic (exact) mass is 274 g/mol. The summed E-state index contributed by atoms with van der Waals surface area (Å²) in [4.78, 5) is 20.4. The first kappa shape index (κ1) is 14.5. The van der Waals surface area contributed by atoms with Crippen LogP contribution in [-0.2, 0) is 0 Å². The van der Waals surface area contributed by atoms with Crippen molar-refractivity contribution in [3.63, 3.8) is 0 Å². The summed E-state index contributed by atoms with van der Waals surface area (Å²) in [7, 11) is 0. The number of hydrogen-bond acceptors (Lipinski definition) is 3. The van der Waals surface area contributed by atoms with Crippen LogP contribution >= 0.6 is 0 Å². The minimum atomic E-state index is -0.132. The predicted octanol–water partition coefficient (Wildman–Crippen LogP) is 2.67. The zero-order valence-corrected chi connectivity index (χ0v) is 12.3. The van der Waals surface area contributed by atoms with E-state index in [1.807, 2.05) is 19.2 Å². The van der Waals surface area contributed by atoms with Crippen molar-refractivity contribution >= 4 is 11.7 Å². The van der Waals surface area contributed by atoms with Gasteiger partial charge >= 0.3 is 0 Å². The molecule has 0 aliphatic heterocycles. The summed E-state index contributed by atoms with van der Waals surface area (Å²) in [5.41, 5.74) is 0.416. The molecule has 0 spiro atoms. The number of carbonyl (C=O) groups is 1. The fourth-order valence-corrected chi connectivity index (χ4v) is 2.14. The molecule has 0 aromatic carbocycles. The smallest absolute Gasteiger partial charge is 0.271 e. The van der Waals surface area contributed by atoms with Gasteiger partial charge in [0.25, 0.3) is 5.91 Å². The molecule has 2 heterocycles. The van der Waals surface area contributed by atoms with E-state index in [4.69, 9.17) is 0 Å². The molecule has 2 rings (SSSR count). The van der Waals surface area contributed by atoms with Gasteiger partial charge in [-0.05, 0) is 25.3 Å². The van der Waals surface area contributed by atoms with E-state index < -0.39 is 0 Å². The highest BCUT2D eigenvalue weighted by Gasteiger charge is 2.13. The number of fused-ring (bicyclic) bond motifs is 1. The average Bonchev–Trinajstić information content (AvgIpc) is 2.82. The quantitative estimate of drug-likeness (QED) is 0.881. The van der Waals surface area contributed by atoms with Gasteiger partial charge in [-0.1, -0.05) is 26.7 Å². The van der Waals surface area contributed by atoms with Crippen LogP contribution in [0.15, 0.2) is 24.7 Å². The fourth-order valence-electron chi connectivity index (χ4n) is 2.14. The van der Waals surface area contributed by atoms with Crippen LogP contribution in [0.2, 0.25) is 0 Å². The molecule has 0 radical (unpaired) electrons. The Bertz CT molecular complexity index is 543. The van der Waals surface area contributed by atoms with Gasteiger partial charge in [-0.3, -0.25) is 9.20 Å². The molecule has 0 saturated carbocycles. The minimum absolute atomic E-state index is 0.132. The van der Waals surface area contributed by atoms with E-state index >= 15 is 0 Å². The summed E-state index contributed by atoms with van der Waals surface area (Å²) < 4.78 is 1.75. The molecule has 0 aliphatic rings. The number of imidazole rings is 1. The van der Waals surface area contributed by atoms with Gasteiger partial charge in [0.1, 0.15) is 5.69 Å². The second-order valence-corrected chi connectivity index (χ2v) is 5.65. The summed E-state index contributed by atoms with van der Waals surface area (Å²) in [5, 5.41) is 2.99. The number of hydrogen-bond donors (Lipinski definition) is 1. The Hall–Kier alpha value is -1.91. The van der Waals surface area contributed by atoms with Crippen LogP contribution in [0.4, 0.5) is 0 Å². The maximum atomic E-state index is 12.1. The van der Waals surface area contributed by atoms with E-state index in [9.17, 15) is 4.79 Å². The van der Waals surface area contributed by atoms with E-state index in [2.05, 4.69) is 29.1 Å². The normalized spacial score (nSPS) is 12.8. The van der Waals surface area contributed by atoms with Crippen molar-refractivity contribution in [3.8, 4) is 0 Å².